The first-order valence-corrected chi connectivity index (χ1v) is 6.18. The first-order chi connectivity index (χ1) is 6.61. The fourth-order valence-corrected chi connectivity index (χ4v) is 2.93. The Labute approximate surface area is 95.9 Å². The molecule has 0 aromatic heterocycles. The van der Waals surface area contributed by atoms with Gasteiger partial charge in [0.25, 0.3) is 0 Å². The number of halogens is 1. The van der Waals surface area contributed by atoms with E-state index < -0.39 is 0 Å². The Bertz CT molecular complexity index is 315. The number of benzene rings is 1. The molecule has 0 aliphatic carbocycles. The molecule has 1 rings (SSSR count). The van der Waals surface area contributed by atoms with Gasteiger partial charge in [0.15, 0.2) is 0 Å². The van der Waals surface area contributed by atoms with Crippen molar-refractivity contribution in [1.29, 1.82) is 0 Å². The molecule has 0 bridgehead atoms. The van der Waals surface area contributed by atoms with Gasteiger partial charge in [0, 0.05) is 4.47 Å². The minimum Gasteiger partial charge on any atom is -0.0648 e. The van der Waals surface area contributed by atoms with E-state index in [4.69, 9.17) is 0 Å². The van der Waals surface area contributed by atoms with Crippen molar-refractivity contribution in [3.8, 4) is 0 Å². The monoisotopic (exact) mass is 254 g/mol. The van der Waals surface area contributed by atoms with Crippen molar-refractivity contribution in [3.05, 3.63) is 33.3 Å². The standard InChI is InChI=1S/C13H19Br/c1-5-9(3)12-10(4)7-8-11(6-2)13(12)14/h7-9H,5-6H2,1-4H3. The van der Waals surface area contributed by atoms with Crippen LogP contribution in [0.4, 0.5) is 0 Å². The summed E-state index contributed by atoms with van der Waals surface area (Å²) in [6, 6.07) is 4.47. The molecule has 1 aromatic rings. The van der Waals surface area contributed by atoms with Crippen LogP contribution >= 0.6 is 15.9 Å². The molecule has 1 aromatic carbocycles. The van der Waals surface area contributed by atoms with Gasteiger partial charge in [-0.15, -0.1) is 0 Å². The predicted molar refractivity (Wildman–Crippen MR) is 67.0 cm³/mol. The maximum Gasteiger partial charge on any atom is 0.0244 e. The normalized spacial score (nSPS) is 12.9. The molecule has 0 N–H and O–H groups in total. The summed E-state index contributed by atoms with van der Waals surface area (Å²) in [4.78, 5) is 0. The summed E-state index contributed by atoms with van der Waals surface area (Å²) >= 11 is 3.73. The predicted octanol–water partition coefficient (Wildman–Crippen LogP) is 4.83. The smallest absolute Gasteiger partial charge is 0.0244 e. The van der Waals surface area contributed by atoms with Crippen LogP contribution in [0, 0.1) is 6.92 Å². The zero-order valence-corrected chi connectivity index (χ0v) is 11.1. The highest BCUT2D eigenvalue weighted by atomic mass is 79.9. The minimum atomic E-state index is 0.649. The van der Waals surface area contributed by atoms with E-state index in [1.165, 1.54) is 27.6 Å². The van der Waals surface area contributed by atoms with E-state index in [0.29, 0.717) is 5.92 Å². The number of aryl methyl sites for hydroxylation is 2. The molecule has 0 spiro atoms. The van der Waals surface area contributed by atoms with Crippen LogP contribution in [-0.4, -0.2) is 0 Å². The molecule has 0 saturated carbocycles. The average molecular weight is 255 g/mol. The third-order valence-electron chi connectivity index (χ3n) is 2.96. The van der Waals surface area contributed by atoms with Gasteiger partial charge in [-0.2, -0.15) is 0 Å². The summed E-state index contributed by atoms with van der Waals surface area (Å²) in [6.45, 7) is 8.95. The van der Waals surface area contributed by atoms with Crippen LogP contribution in [0.3, 0.4) is 0 Å². The molecular formula is C13H19Br. The summed E-state index contributed by atoms with van der Waals surface area (Å²) in [6.07, 6.45) is 2.30. The lowest BCUT2D eigenvalue weighted by atomic mass is 9.92. The Hall–Kier alpha value is -0.300. The largest absolute Gasteiger partial charge is 0.0648 e. The van der Waals surface area contributed by atoms with Gasteiger partial charge >= 0.3 is 0 Å². The highest BCUT2D eigenvalue weighted by Gasteiger charge is 2.12. The third-order valence-corrected chi connectivity index (χ3v) is 3.90. The highest BCUT2D eigenvalue weighted by molar-refractivity contribution is 9.10. The zero-order valence-electron chi connectivity index (χ0n) is 9.52. The van der Waals surface area contributed by atoms with E-state index in [9.17, 15) is 0 Å². The van der Waals surface area contributed by atoms with Gasteiger partial charge < -0.3 is 0 Å². The molecule has 0 aliphatic rings. The van der Waals surface area contributed by atoms with Gasteiger partial charge in [-0.05, 0) is 42.4 Å². The van der Waals surface area contributed by atoms with Crippen molar-refractivity contribution < 1.29 is 0 Å². The van der Waals surface area contributed by atoms with E-state index in [2.05, 4.69) is 55.8 Å². The van der Waals surface area contributed by atoms with Crippen molar-refractivity contribution in [2.45, 2.75) is 46.5 Å². The van der Waals surface area contributed by atoms with Crippen LogP contribution in [0.1, 0.15) is 49.8 Å². The van der Waals surface area contributed by atoms with Crippen LogP contribution in [0.15, 0.2) is 16.6 Å². The second-order valence-corrected chi connectivity index (χ2v) is 4.73. The fraction of sp³-hybridized carbons (Fsp3) is 0.538. The summed E-state index contributed by atoms with van der Waals surface area (Å²) < 4.78 is 1.33. The van der Waals surface area contributed by atoms with E-state index >= 15 is 0 Å². The van der Waals surface area contributed by atoms with Crippen molar-refractivity contribution in [2.24, 2.45) is 0 Å². The van der Waals surface area contributed by atoms with Crippen LogP contribution in [0.25, 0.3) is 0 Å². The Morgan fingerprint density at radius 1 is 1.29 bits per heavy atom. The van der Waals surface area contributed by atoms with Gasteiger partial charge in [0.05, 0.1) is 0 Å². The Morgan fingerprint density at radius 2 is 1.93 bits per heavy atom. The van der Waals surface area contributed by atoms with Crippen molar-refractivity contribution >= 4 is 15.9 Å². The van der Waals surface area contributed by atoms with Gasteiger partial charge in [-0.1, -0.05) is 48.8 Å². The first kappa shape index (κ1) is 11.8. The number of hydrogen-bond donors (Lipinski definition) is 0. The molecule has 0 radical (unpaired) electrons. The second-order valence-electron chi connectivity index (χ2n) is 3.93. The summed E-state index contributed by atoms with van der Waals surface area (Å²) in [5.41, 5.74) is 4.32. The average Bonchev–Trinajstić information content (AvgIpc) is 2.18. The van der Waals surface area contributed by atoms with Crippen molar-refractivity contribution in [3.63, 3.8) is 0 Å². The van der Waals surface area contributed by atoms with Crippen LogP contribution in [-0.2, 0) is 6.42 Å². The van der Waals surface area contributed by atoms with Gasteiger partial charge in [0.1, 0.15) is 0 Å². The molecule has 1 heteroatoms. The molecule has 14 heavy (non-hydrogen) atoms. The third kappa shape index (κ3) is 2.20. The molecule has 78 valence electrons. The SMILES string of the molecule is CCc1ccc(C)c(C(C)CC)c1Br. The minimum absolute atomic E-state index is 0.649. The molecule has 0 fully saturated rings. The Kier molecular flexibility index (Phi) is 4.18. The van der Waals surface area contributed by atoms with E-state index in [1.807, 2.05) is 0 Å². The summed E-state index contributed by atoms with van der Waals surface area (Å²) in [5, 5.41) is 0. The van der Waals surface area contributed by atoms with E-state index in [-0.39, 0.29) is 0 Å². The quantitative estimate of drug-likeness (QED) is 0.725. The maximum absolute atomic E-state index is 3.73. The summed E-state index contributed by atoms with van der Waals surface area (Å²) in [7, 11) is 0. The van der Waals surface area contributed by atoms with Gasteiger partial charge in [-0.25, -0.2) is 0 Å². The topological polar surface area (TPSA) is 0 Å². The Balaban J connectivity index is 3.25. The lowest BCUT2D eigenvalue weighted by Crippen LogP contribution is -1.99. The molecule has 0 heterocycles. The molecule has 1 unspecified atom stereocenters. The number of hydrogen-bond acceptors (Lipinski definition) is 0. The van der Waals surface area contributed by atoms with E-state index in [0.717, 1.165) is 6.42 Å². The van der Waals surface area contributed by atoms with Crippen molar-refractivity contribution in [1.82, 2.24) is 0 Å². The molecule has 0 nitrogen and oxygen atoms in total. The molecule has 0 aliphatic heterocycles. The molecule has 0 saturated heterocycles. The van der Waals surface area contributed by atoms with Gasteiger partial charge in [-0.3, -0.25) is 0 Å². The Morgan fingerprint density at radius 3 is 2.43 bits per heavy atom. The summed E-state index contributed by atoms with van der Waals surface area (Å²) in [5.74, 6) is 0.649. The molecule has 1 atom stereocenters. The van der Waals surface area contributed by atoms with Crippen molar-refractivity contribution in [2.75, 3.05) is 0 Å². The highest BCUT2D eigenvalue weighted by Crippen LogP contribution is 2.32. The maximum atomic E-state index is 3.73. The van der Waals surface area contributed by atoms with Gasteiger partial charge in [0.2, 0.25) is 0 Å². The zero-order chi connectivity index (χ0) is 10.7. The second kappa shape index (κ2) is 4.97. The first-order valence-electron chi connectivity index (χ1n) is 5.39. The van der Waals surface area contributed by atoms with E-state index in [1.54, 1.807) is 0 Å². The lowest BCUT2D eigenvalue weighted by Gasteiger charge is -2.17. The molecule has 0 amide bonds. The number of rotatable bonds is 3. The fourth-order valence-electron chi connectivity index (χ4n) is 1.82. The molecular weight excluding hydrogens is 236 g/mol. The van der Waals surface area contributed by atoms with Crippen LogP contribution in [0.2, 0.25) is 0 Å². The lowest BCUT2D eigenvalue weighted by molar-refractivity contribution is 0.722. The van der Waals surface area contributed by atoms with Crippen LogP contribution < -0.4 is 0 Å². The van der Waals surface area contributed by atoms with Crippen LogP contribution in [0.5, 0.6) is 0 Å².